The van der Waals surface area contributed by atoms with Gasteiger partial charge in [-0.1, -0.05) is 24.4 Å². The molecule has 0 N–H and O–H groups in total. The van der Waals surface area contributed by atoms with Crippen LogP contribution in [0.3, 0.4) is 0 Å². The third-order valence-corrected chi connectivity index (χ3v) is 2.63. The molecule has 0 radical (unpaired) electrons. The maximum Gasteiger partial charge on any atom is 0.332 e. The number of hydrogen-bond acceptors (Lipinski definition) is 4. The lowest BCUT2D eigenvalue weighted by Crippen LogP contribution is -2.34. The molecule has 0 aromatic heterocycles. The molecule has 90 valence electrons. The van der Waals surface area contributed by atoms with Gasteiger partial charge in [0.15, 0.2) is 0 Å². The normalized spacial score (nSPS) is 18.6. The summed E-state index contributed by atoms with van der Waals surface area (Å²) in [6.45, 7) is 1.92. The predicted octanol–water partition coefficient (Wildman–Crippen LogP) is 2.54. The number of carbonyl (C=O) groups is 1. The minimum absolute atomic E-state index is 0.146. The van der Waals surface area contributed by atoms with E-state index in [-0.39, 0.29) is 6.61 Å². The number of ether oxygens (including phenoxy) is 2. The number of carbonyl (C=O) groups excluding carboxylic acids is 1. The molecule has 0 aromatic rings. The lowest BCUT2D eigenvalue weighted by Gasteiger charge is -2.32. The summed E-state index contributed by atoms with van der Waals surface area (Å²) in [5.74, 6) is -0.416. The van der Waals surface area contributed by atoms with Crippen molar-refractivity contribution in [1.29, 1.82) is 0 Å². The van der Waals surface area contributed by atoms with Crippen LogP contribution in [0.15, 0.2) is 5.11 Å². The molecule has 0 heterocycles. The van der Waals surface area contributed by atoms with Gasteiger partial charge < -0.3 is 9.47 Å². The molecule has 0 bridgehead atoms. The third kappa shape index (κ3) is 3.72. The first-order valence-corrected chi connectivity index (χ1v) is 5.58. The van der Waals surface area contributed by atoms with Gasteiger partial charge >= 0.3 is 5.97 Å². The van der Waals surface area contributed by atoms with E-state index in [1.54, 1.807) is 6.92 Å². The van der Waals surface area contributed by atoms with Crippen LogP contribution in [-0.4, -0.2) is 24.9 Å². The second-order valence-corrected chi connectivity index (χ2v) is 3.79. The van der Waals surface area contributed by atoms with Gasteiger partial charge in [-0.05, 0) is 25.3 Å². The van der Waals surface area contributed by atoms with Gasteiger partial charge in [-0.2, -0.15) is 0 Å². The minimum Gasteiger partial charge on any atom is -0.464 e. The molecular formula is C10H17N3O3. The van der Waals surface area contributed by atoms with Gasteiger partial charge in [-0.25, -0.2) is 4.79 Å². The molecule has 6 heteroatoms. The van der Waals surface area contributed by atoms with E-state index in [0.717, 1.165) is 19.3 Å². The first kappa shape index (κ1) is 12.8. The van der Waals surface area contributed by atoms with Gasteiger partial charge in [-0.15, -0.1) is 0 Å². The second-order valence-electron chi connectivity index (χ2n) is 3.79. The number of nitrogens with zero attached hydrogens (tertiary/aromatic N) is 3. The second kappa shape index (κ2) is 6.35. The summed E-state index contributed by atoms with van der Waals surface area (Å²) < 4.78 is 10.2. The number of rotatable bonds is 5. The Kier molecular flexibility index (Phi) is 5.08. The molecule has 0 atom stereocenters. The fourth-order valence-corrected chi connectivity index (χ4v) is 1.85. The molecule has 1 rings (SSSR count). The lowest BCUT2D eigenvalue weighted by molar-refractivity contribution is -0.157. The molecule has 0 spiro atoms. The van der Waals surface area contributed by atoms with E-state index in [2.05, 4.69) is 10.0 Å². The highest BCUT2D eigenvalue weighted by Crippen LogP contribution is 2.32. The largest absolute Gasteiger partial charge is 0.464 e. The average molecular weight is 227 g/mol. The average Bonchev–Trinajstić information content (AvgIpc) is 2.29. The first-order valence-electron chi connectivity index (χ1n) is 5.58. The summed E-state index contributed by atoms with van der Waals surface area (Å²) in [4.78, 5) is 14.0. The fraction of sp³-hybridized carbons (Fsp3) is 0.900. The maximum absolute atomic E-state index is 11.2. The zero-order chi connectivity index (χ0) is 11.9. The Balaban J connectivity index is 2.50. The van der Waals surface area contributed by atoms with Crippen LogP contribution in [0.5, 0.6) is 0 Å². The Bertz CT molecular complexity index is 281. The molecule has 6 nitrogen and oxygen atoms in total. The lowest BCUT2D eigenvalue weighted by atomic mass is 9.92. The van der Waals surface area contributed by atoms with Crippen LogP contribution >= 0.6 is 0 Å². The molecule has 0 unspecified atom stereocenters. The monoisotopic (exact) mass is 227 g/mol. The zero-order valence-corrected chi connectivity index (χ0v) is 9.52. The number of azide groups is 1. The van der Waals surface area contributed by atoms with E-state index < -0.39 is 11.7 Å². The van der Waals surface area contributed by atoms with Gasteiger partial charge in [0.2, 0.25) is 0 Å². The molecule has 16 heavy (non-hydrogen) atoms. The molecule has 1 aliphatic rings. The molecule has 1 fully saturated rings. The van der Waals surface area contributed by atoms with Crippen LogP contribution in [0.4, 0.5) is 0 Å². The molecule has 1 saturated carbocycles. The van der Waals surface area contributed by atoms with Crippen LogP contribution in [0, 0.1) is 0 Å². The van der Waals surface area contributed by atoms with E-state index >= 15 is 0 Å². The van der Waals surface area contributed by atoms with E-state index in [1.807, 2.05) is 0 Å². The minimum atomic E-state index is -0.834. The molecular weight excluding hydrogens is 210 g/mol. The van der Waals surface area contributed by atoms with Crippen molar-refractivity contribution < 1.29 is 14.3 Å². The van der Waals surface area contributed by atoms with Crippen molar-refractivity contribution in [3.8, 4) is 0 Å². The fourth-order valence-electron chi connectivity index (χ4n) is 1.85. The van der Waals surface area contributed by atoms with Gasteiger partial charge in [0.1, 0.15) is 12.3 Å². The summed E-state index contributed by atoms with van der Waals surface area (Å²) in [6.07, 6.45) is 4.39. The topological polar surface area (TPSA) is 84.3 Å². The molecule has 0 amide bonds. The van der Waals surface area contributed by atoms with Gasteiger partial charge in [0.05, 0.1) is 6.61 Å². The summed E-state index contributed by atoms with van der Waals surface area (Å²) in [7, 11) is 0. The molecule has 0 saturated heterocycles. The maximum atomic E-state index is 11.2. The Morgan fingerprint density at radius 2 is 2.12 bits per heavy atom. The van der Waals surface area contributed by atoms with E-state index in [0.29, 0.717) is 19.4 Å². The Hall–Kier alpha value is -1.26. The van der Waals surface area contributed by atoms with Crippen molar-refractivity contribution in [2.24, 2.45) is 5.11 Å². The van der Waals surface area contributed by atoms with E-state index in [1.165, 1.54) is 0 Å². The zero-order valence-electron chi connectivity index (χ0n) is 9.52. The quantitative estimate of drug-likeness (QED) is 0.313. The van der Waals surface area contributed by atoms with E-state index in [9.17, 15) is 4.79 Å². The molecule has 1 aliphatic carbocycles. The van der Waals surface area contributed by atoms with Crippen molar-refractivity contribution in [3.05, 3.63) is 10.4 Å². The van der Waals surface area contributed by atoms with Crippen LogP contribution < -0.4 is 0 Å². The van der Waals surface area contributed by atoms with Crippen molar-refractivity contribution >= 4 is 5.97 Å². The first-order chi connectivity index (χ1) is 7.72. The number of esters is 1. The van der Waals surface area contributed by atoms with Crippen molar-refractivity contribution in [3.63, 3.8) is 0 Å². The summed E-state index contributed by atoms with van der Waals surface area (Å²) >= 11 is 0. The third-order valence-electron chi connectivity index (χ3n) is 2.63. The van der Waals surface area contributed by atoms with Gasteiger partial charge in [-0.3, -0.25) is 0 Å². The Morgan fingerprint density at radius 1 is 1.44 bits per heavy atom. The standard InChI is InChI=1S/C10H17N3O3/c1-2-15-9(14)8-16-10(12-13-11)6-4-3-5-7-10/h2-8H2,1H3. The van der Waals surface area contributed by atoms with Crippen molar-refractivity contribution in [2.75, 3.05) is 13.2 Å². The highest BCUT2D eigenvalue weighted by Gasteiger charge is 2.32. The van der Waals surface area contributed by atoms with Gasteiger partial charge in [0, 0.05) is 4.91 Å². The number of hydrogen-bond donors (Lipinski definition) is 0. The summed E-state index contributed by atoms with van der Waals surface area (Å²) in [5, 5.41) is 3.70. The highest BCUT2D eigenvalue weighted by atomic mass is 16.6. The van der Waals surface area contributed by atoms with Crippen LogP contribution in [0.2, 0.25) is 0 Å². The van der Waals surface area contributed by atoms with Crippen molar-refractivity contribution in [1.82, 2.24) is 0 Å². The van der Waals surface area contributed by atoms with Gasteiger partial charge in [0.25, 0.3) is 0 Å². The smallest absolute Gasteiger partial charge is 0.332 e. The highest BCUT2D eigenvalue weighted by molar-refractivity contribution is 5.70. The summed E-state index contributed by atoms with van der Waals surface area (Å²) in [6, 6.07) is 0. The molecule has 0 aliphatic heterocycles. The predicted molar refractivity (Wildman–Crippen MR) is 57.5 cm³/mol. The summed E-state index contributed by atoms with van der Waals surface area (Å²) in [5.41, 5.74) is 7.68. The van der Waals surface area contributed by atoms with Crippen LogP contribution in [-0.2, 0) is 14.3 Å². The van der Waals surface area contributed by atoms with Crippen LogP contribution in [0.1, 0.15) is 39.0 Å². The van der Waals surface area contributed by atoms with Crippen molar-refractivity contribution in [2.45, 2.75) is 44.8 Å². The van der Waals surface area contributed by atoms with E-state index in [4.69, 9.17) is 15.0 Å². The van der Waals surface area contributed by atoms with Crippen LogP contribution in [0.25, 0.3) is 10.4 Å². The molecule has 0 aromatic carbocycles. The SMILES string of the molecule is CCOC(=O)COC1(N=[N+]=[N-])CCCCC1. The Labute approximate surface area is 94.5 Å². The Morgan fingerprint density at radius 3 is 2.69 bits per heavy atom.